The second-order valence-electron chi connectivity index (χ2n) is 5.68. The van der Waals surface area contributed by atoms with E-state index in [1.54, 1.807) is 11.8 Å². The minimum Gasteiger partial charge on any atom is -0.364 e. The molecule has 0 aromatic carbocycles. The third kappa shape index (κ3) is 2.00. The Labute approximate surface area is 107 Å². The third-order valence-corrected chi connectivity index (χ3v) is 4.50. The summed E-state index contributed by atoms with van der Waals surface area (Å²) in [6.45, 7) is 3.89. The highest BCUT2D eigenvalue weighted by Crippen LogP contribution is 2.31. The van der Waals surface area contributed by atoms with E-state index in [-0.39, 0.29) is 30.6 Å². The number of nitrogens with zero attached hydrogens (tertiary/aromatic N) is 2. The van der Waals surface area contributed by atoms with Crippen LogP contribution in [0.25, 0.3) is 0 Å². The molecule has 0 N–H and O–H groups in total. The Bertz CT molecular complexity index is 367. The van der Waals surface area contributed by atoms with Gasteiger partial charge in [-0.05, 0) is 18.8 Å². The van der Waals surface area contributed by atoms with Crippen molar-refractivity contribution in [1.82, 2.24) is 9.80 Å². The van der Waals surface area contributed by atoms with Gasteiger partial charge in [0, 0.05) is 26.6 Å². The first-order chi connectivity index (χ1) is 8.65. The van der Waals surface area contributed by atoms with E-state index in [4.69, 9.17) is 4.74 Å². The Morgan fingerprint density at radius 2 is 2.17 bits per heavy atom. The summed E-state index contributed by atoms with van der Waals surface area (Å²) in [6, 6.07) is 0.0794. The maximum absolute atomic E-state index is 12.0. The van der Waals surface area contributed by atoms with Crippen LogP contribution in [-0.4, -0.2) is 60.0 Å². The molecule has 0 aromatic heterocycles. The van der Waals surface area contributed by atoms with Crippen molar-refractivity contribution in [3.05, 3.63) is 0 Å². The number of amides is 2. The van der Waals surface area contributed by atoms with E-state index in [1.807, 2.05) is 4.90 Å². The summed E-state index contributed by atoms with van der Waals surface area (Å²) in [5.74, 6) is 0.830. The van der Waals surface area contributed by atoms with Crippen LogP contribution in [0.4, 0.5) is 0 Å². The molecule has 3 aliphatic rings. The lowest BCUT2D eigenvalue weighted by Crippen LogP contribution is -2.55. The van der Waals surface area contributed by atoms with Crippen molar-refractivity contribution >= 4 is 11.8 Å². The van der Waals surface area contributed by atoms with E-state index in [0.717, 1.165) is 6.54 Å². The van der Waals surface area contributed by atoms with Gasteiger partial charge in [0.05, 0.1) is 12.1 Å². The highest BCUT2D eigenvalue weighted by atomic mass is 16.5. The molecule has 1 aliphatic carbocycles. The van der Waals surface area contributed by atoms with Crippen LogP contribution >= 0.6 is 0 Å². The number of carbonyl (C=O) groups excluding carboxylic acids is 2. The summed E-state index contributed by atoms with van der Waals surface area (Å²) < 4.78 is 5.57. The highest BCUT2D eigenvalue weighted by molar-refractivity contribution is 5.79. The van der Waals surface area contributed by atoms with E-state index in [9.17, 15) is 9.59 Å². The Balaban J connectivity index is 1.70. The number of ether oxygens (including phenoxy) is 1. The number of likely N-dealkylation sites (tertiary alicyclic amines) is 1. The topological polar surface area (TPSA) is 49.9 Å². The smallest absolute Gasteiger partial charge is 0.248 e. The van der Waals surface area contributed by atoms with Gasteiger partial charge >= 0.3 is 0 Å². The molecule has 0 spiro atoms. The zero-order chi connectivity index (χ0) is 12.7. The predicted octanol–water partition coefficient (Wildman–Crippen LogP) is 0.245. The lowest BCUT2D eigenvalue weighted by Gasteiger charge is -2.40. The molecule has 2 saturated heterocycles. The first kappa shape index (κ1) is 12.0. The molecule has 2 amide bonds. The van der Waals surface area contributed by atoms with Gasteiger partial charge in [0.15, 0.2) is 0 Å². The van der Waals surface area contributed by atoms with Crippen molar-refractivity contribution in [2.75, 3.05) is 26.2 Å². The molecular weight excluding hydrogens is 232 g/mol. The van der Waals surface area contributed by atoms with Crippen molar-refractivity contribution < 1.29 is 14.3 Å². The second-order valence-corrected chi connectivity index (χ2v) is 5.68. The summed E-state index contributed by atoms with van der Waals surface area (Å²) in [6.07, 6.45) is 3.78. The minimum atomic E-state index is 0.0201. The summed E-state index contributed by atoms with van der Waals surface area (Å²) in [4.78, 5) is 27.2. The van der Waals surface area contributed by atoms with Crippen molar-refractivity contribution in [3.8, 4) is 0 Å². The molecule has 2 atom stereocenters. The maximum atomic E-state index is 12.0. The molecular formula is C13H20N2O3. The summed E-state index contributed by atoms with van der Waals surface area (Å²) in [7, 11) is 0. The molecule has 3 fully saturated rings. The van der Waals surface area contributed by atoms with Crippen molar-refractivity contribution in [3.63, 3.8) is 0 Å². The van der Waals surface area contributed by atoms with E-state index in [1.165, 1.54) is 19.3 Å². The monoisotopic (exact) mass is 252 g/mol. The number of morpholine rings is 1. The van der Waals surface area contributed by atoms with Crippen LogP contribution in [0.5, 0.6) is 0 Å². The van der Waals surface area contributed by atoms with Crippen LogP contribution in [0.3, 0.4) is 0 Å². The maximum Gasteiger partial charge on any atom is 0.248 e. The van der Waals surface area contributed by atoms with Gasteiger partial charge in [-0.1, -0.05) is 6.42 Å². The Kier molecular flexibility index (Phi) is 3.01. The average molecular weight is 252 g/mol. The molecule has 18 heavy (non-hydrogen) atoms. The predicted molar refractivity (Wildman–Crippen MR) is 64.8 cm³/mol. The van der Waals surface area contributed by atoms with Crippen LogP contribution in [0.1, 0.15) is 26.2 Å². The Hall–Kier alpha value is -1.10. The number of hydrogen-bond acceptors (Lipinski definition) is 3. The number of carbonyl (C=O) groups is 2. The summed E-state index contributed by atoms with van der Waals surface area (Å²) >= 11 is 0. The average Bonchev–Trinajstić information content (AvgIpc) is 2.69. The van der Waals surface area contributed by atoms with Crippen LogP contribution < -0.4 is 0 Å². The normalized spacial score (nSPS) is 32.4. The van der Waals surface area contributed by atoms with Gasteiger partial charge < -0.3 is 14.5 Å². The number of hydrogen-bond donors (Lipinski definition) is 0. The van der Waals surface area contributed by atoms with Crippen LogP contribution in [-0.2, 0) is 14.3 Å². The summed E-state index contributed by atoms with van der Waals surface area (Å²) in [5, 5.41) is 0. The van der Waals surface area contributed by atoms with Gasteiger partial charge in [-0.3, -0.25) is 9.59 Å². The van der Waals surface area contributed by atoms with Gasteiger partial charge in [0.2, 0.25) is 11.8 Å². The minimum absolute atomic E-state index is 0.0201. The lowest BCUT2D eigenvalue weighted by atomic mass is 9.84. The molecule has 5 heteroatoms. The molecule has 3 rings (SSSR count). The van der Waals surface area contributed by atoms with Gasteiger partial charge in [0.25, 0.3) is 0 Å². The number of rotatable bonds is 2. The first-order valence-corrected chi connectivity index (χ1v) is 6.81. The summed E-state index contributed by atoms with van der Waals surface area (Å²) in [5.41, 5.74) is 0. The molecule has 100 valence electrons. The van der Waals surface area contributed by atoms with E-state index >= 15 is 0 Å². The first-order valence-electron chi connectivity index (χ1n) is 6.81. The second kappa shape index (κ2) is 4.53. The highest BCUT2D eigenvalue weighted by Gasteiger charge is 2.44. The van der Waals surface area contributed by atoms with Crippen LogP contribution in [0.2, 0.25) is 0 Å². The fourth-order valence-corrected chi connectivity index (χ4v) is 3.11. The Morgan fingerprint density at radius 1 is 1.39 bits per heavy atom. The molecule has 0 unspecified atom stereocenters. The lowest BCUT2D eigenvalue weighted by molar-refractivity contribution is -0.154. The molecule has 2 aliphatic heterocycles. The van der Waals surface area contributed by atoms with Gasteiger partial charge in [-0.15, -0.1) is 0 Å². The van der Waals surface area contributed by atoms with Gasteiger partial charge in [-0.2, -0.15) is 0 Å². The number of fused-ring (bicyclic) bond motifs is 1. The van der Waals surface area contributed by atoms with E-state index < -0.39 is 0 Å². The van der Waals surface area contributed by atoms with Crippen molar-refractivity contribution in [2.24, 2.45) is 5.92 Å². The molecule has 1 saturated carbocycles. The largest absolute Gasteiger partial charge is 0.364 e. The zero-order valence-electron chi connectivity index (χ0n) is 10.8. The van der Waals surface area contributed by atoms with Gasteiger partial charge in [0.1, 0.15) is 6.61 Å². The SMILES string of the molecule is CC(=O)N1C[C@@H]2OCC(=O)N(CC3CCC3)[C@@H]2C1. The standard InChI is InChI=1S/C13H20N2O3/c1-9(16)14-6-11-12(7-14)18-8-13(17)15(11)5-10-3-2-4-10/h10-12H,2-8H2,1H3/t11-,12+/m1/s1. The zero-order valence-corrected chi connectivity index (χ0v) is 10.8. The molecule has 0 aromatic rings. The fourth-order valence-electron chi connectivity index (χ4n) is 3.11. The van der Waals surface area contributed by atoms with E-state index in [2.05, 4.69) is 0 Å². The quantitative estimate of drug-likeness (QED) is 0.707. The molecule has 5 nitrogen and oxygen atoms in total. The van der Waals surface area contributed by atoms with E-state index in [0.29, 0.717) is 19.0 Å². The van der Waals surface area contributed by atoms with Crippen LogP contribution in [0, 0.1) is 5.92 Å². The molecule has 0 bridgehead atoms. The van der Waals surface area contributed by atoms with Crippen LogP contribution in [0.15, 0.2) is 0 Å². The van der Waals surface area contributed by atoms with Crippen molar-refractivity contribution in [1.29, 1.82) is 0 Å². The fraction of sp³-hybridized carbons (Fsp3) is 0.846. The van der Waals surface area contributed by atoms with Crippen molar-refractivity contribution in [2.45, 2.75) is 38.3 Å². The van der Waals surface area contributed by atoms with Gasteiger partial charge in [-0.25, -0.2) is 0 Å². The molecule has 0 radical (unpaired) electrons. The molecule has 2 heterocycles. The Morgan fingerprint density at radius 3 is 2.78 bits per heavy atom. The third-order valence-electron chi connectivity index (χ3n) is 4.50.